The average molecular weight is 219 g/mol. The van der Waals surface area contributed by atoms with Crippen LogP contribution >= 0.6 is 0 Å². The minimum Gasteiger partial charge on any atom is -0.327 e. The van der Waals surface area contributed by atoms with E-state index in [-0.39, 0.29) is 0 Å². The molecule has 0 radical (unpaired) electrons. The maximum absolute atomic E-state index is 6.03. The summed E-state index contributed by atoms with van der Waals surface area (Å²) in [5.41, 5.74) is 7.20. The smallest absolute Gasteiger partial charge is 0.0416 e. The van der Waals surface area contributed by atoms with Gasteiger partial charge >= 0.3 is 0 Å². The van der Waals surface area contributed by atoms with Crippen LogP contribution in [-0.2, 0) is 6.42 Å². The molecule has 1 aliphatic rings. The Balaban J connectivity index is 1.81. The maximum Gasteiger partial charge on any atom is 0.0416 e. The summed E-state index contributed by atoms with van der Waals surface area (Å²) in [7, 11) is 0. The van der Waals surface area contributed by atoms with Crippen molar-refractivity contribution in [3.63, 3.8) is 0 Å². The van der Waals surface area contributed by atoms with Crippen molar-refractivity contribution in [2.24, 2.45) is 11.7 Å². The SMILES string of the molecule is CC1CC(N)CN(CCc2ccccn2)C1. The van der Waals surface area contributed by atoms with Crippen molar-refractivity contribution in [1.29, 1.82) is 0 Å². The summed E-state index contributed by atoms with van der Waals surface area (Å²) in [5, 5.41) is 0. The first kappa shape index (κ1) is 11.6. The fraction of sp³-hybridized carbons (Fsp3) is 0.615. The van der Waals surface area contributed by atoms with E-state index < -0.39 is 0 Å². The number of nitrogens with zero attached hydrogens (tertiary/aromatic N) is 2. The standard InChI is InChI=1S/C13H21N3/c1-11-8-12(14)10-16(9-11)7-5-13-4-2-3-6-15-13/h2-4,6,11-12H,5,7-10,14H2,1H3. The van der Waals surface area contributed by atoms with Crippen molar-refractivity contribution >= 4 is 0 Å². The van der Waals surface area contributed by atoms with Gasteiger partial charge in [0, 0.05) is 44.0 Å². The molecule has 2 heterocycles. The molecule has 0 amide bonds. The van der Waals surface area contributed by atoms with E-state index in [1.54, 1.807) is 0 Å². The highest BCUT2D eigenvalue weighted by Gasteiger charge is 2.21. The molecular weight excluding hydrogens is 198 g/mol. The van der Waals surface area contributed by atoms with Gasteiger partial charge in [0.2, 0.25) is 0 Å². The molecular formula is C13H21N3. The highest BCUT2D eigenvalue weighted by atomic mass is 15.1. The zero-order valence-electron chi connectivity index (χ0n) is 9.97. The first-order chi connectivity index (χ1) is 7.74. The van der Waals surface area contributed by atoms with Gasteiger partial charge in [-0.05, 0) is 24.5 Å². The van der Waals surface area contributed by atoms with Crippen LogP contribution in [0.25, 0.3) is 0 Å². The summed E-state index contributed by atoms with van der Waals surface area (Å²) in [6.45, 7) is 5.58. The Bertz CT molecular complexity index is 302. The van der Waals surface area contributed by atoms with Gasteiger partial charge in [-0.25, -0.2) is 0 Å². The Morgan fingerprint density at radius 2 is 2.31 bits per heavy atom. The maximum atomic E-state index is 6.03. The second kappa shape index (κ2) is 5.41. The lowest BCUT2D eigenvalue weighted by Gasteiger charge is -2.34. The molecule has 2 atom stereocenters. The predicted molar refractivity (Wildman–Crippen MR) is 66.1 cm³/mol. The molecule has 0 bridgehead atoms. The van der Waals surface area contributed by atoms with Crippen LogP contribution in [-0.4, -0.2) is 35.6 Å². The van der Waals surface area contributed by atoms with E-state index in [4.69, 9.17) is 5.73 Å². The molecule has 3 nitrogen and oxygen atoms in total. The normalized spacial score (nSPS) is 26.9. The number of hydrogen-bond donors (Lipinski definition) is 1. The van der Waals surface area contributed by atoms with Gasteiger partial charge in [0.1, 0.15) is 0 Å². The third-order valence-electron chi connectivity index (χ3n) is 3.18. The summed E-state index contributed by atoms with van der Waals surface area (Å²) in [4.78, 5) is 6.81. The predicted octanol–water partition coefficient (Wildman–Crippen LogP) is 1.29. The van der Waals surface area contributed by atoms with Crippen molar-refractivity contribution in [2.45, 2.75) is 25.8 Å². The van der Waals surface area contributed by atoms with Crippen molar-refractivity contribution < 1.29 is 0 Å². The van der Waals surface area contributed by atoms with E-state index in [1.807, 2.05) is 18.3 Å². The van der Waals surface area contributed by atoms with E-state index >= 15 is 0 Å². The van der Waals surface area contributed by atoms with E-state index in [2.05, 4.69) is 22.9 Å². The zero-order chi connectivity index (χ0) is 11.4. The largest absolute Gasteiger partial charge is 0.327 e. The van der Waals surface area contributed by atoms with E-state index in [0.29, 0.717) is 6.04 Å². The fourth-order valence-corrected chi connectivity index (χ4v) is 2.51. The minimum atomic E-state index is 0.354. The van der Waals surface area contributed by atoms with Crippen LogP contribution in [0.5, 0.6) is 0 Å². The van der Waals surface area contributed by atoms with Crippen molar-refractivity contribution in [1.82, 2.24) is 9.88 Å². The quantitative estimate of drug-likeness (QED) is 0.833. The van der Waals surface area contributed by atoms with Gasteiger partial charge in [-0.15, -0.1) is 0 Å². The third-order valence-corrected chi connectivity index (χ3v) is 3.18. The molecule has 2 unspecified atom stereocenters. The second-order valence-electron chi connectivity index (χ2n) is 4.93. The fourth-order valence-electron chi connectivity index (χ4n) is 2.51. The molecule has 0 aromatic carbocycles. The highest BCUT2D eigenvalue weighted by molar-refractivity contribution is 5.03. The lowest BCUT2D eigenvalue weighted by molar-refractivity contribution is 0.167. The summed E-state index contributed by atoms with van der Waals surface area (Å²) in [5.74, 6) is 0.729. The Morgan fingerprint density at radius 1 is 1.44 bits per heavy atom. The first-order valence-corrected chi connectivity index (χ1v) is 6.12. The average Bonchev–Trinajstić information content (AvgIpc) is 2.27. The molecule has 1 aromatic rings. The van der Waals surface area contributed by atoms with Crippen LogP contribution in [0.3, 0.4) is 0 Å². The highest BCUT2D eigenvalue weighted by Crippen LogP contribution is 2.15. The molecule has 0 saturated carbocycles. The number of piperidine rings is 1. The molecule has 0 aliphatic carbocycles. The Hall–Kier alpha value is -0.930. The summed E-state index contributed by atoms with van der Waals surface area (Å²) >= 11 is 0. The molecule has 16 heavy (non-hydrogen) atoms. The number of likely N-dealkylation sites (tertiary alicyclic amines) is 1. The van der Waals surface area contributed by atoms with Crippen LogP contribution in [0, 0.1) is 5.92 Å². The zero-order valence-corrected chi connectivity index (χ0v) is 9.97. The van der Waals surface area contributed by atoms with Gasteiger partial charge in [-0.3, -0.25) is 4.98 Å². The van der Waals surface area contributed by atoms with Gasteiger partial charge in [0.25, 0.3) is 0 Å². The lowest BCUT2D eigenvalue weighted by atomic mass is 9.96. The lowest BCUT2D eigenvalue weighted by Crippen LogP contribution is -2.46. The molecule has 1 saturated heterocycles. The van der Waals surface area contributed by atoms with Gasteiger partial charge < -0.3 is 10.6 Å². The summed E-state index contributed by atoms with van der Waals surface area (Å²) in [6.07, 6.45) is 4.06. The van der Waals surface area contributed by atoms with Crippen molar-refractivity contribution in [3.05, 3.63) is 30.1 Å². The van der Waals surface area contributed by atoms with Gasteiger partial charge in [0.05, 0.1) is 0 Å². The number of pyridine rings is 1. The molecule has 1 aliphatic heterocycles. The first-order valence-electron chi connectivity index (χ1n) is 6.12. The number of aromatic nitrogens is 1. The Kier molecular flexibility index (Phi) is 3.91. The van der Waals surface area contributed by atoms with E-state index in [0.717, 1.165) is 25.4 Å². The number of hydrogen-bond acceptors (Lipinski definition) is 3. The molecule has 1 fully saturated rings. The number of rotatable bonds is 3. The van der Waals surface area contributed by atoms with Crippen molar-refractivity contribution in [2.75, 3.05) is 19.6 Å². The van der Waals surface area contributed by atoms with Crippen LogP contribution < -0.4 is 5.73 Å². The number of nitrogens with two attached hydrogens (primary N) is 1. The molecule has 0 spiro atoms. The van der Waals surface area contributed by atoms with Crippen LogP contribution in [0.4, 0.5) is 0 Å². The van der Waals surface area contributed by atoms with Gasteiger partial charge in [0.15, 0.2) is 0 Å². The molecule has 1 aromatic heterocycles. The second-order valence-corrected chi connectivity index (χ2v) is 4.93. The topological polar surface area (TPSA) is 42.1 Å². The van der Waals surface area contributed by atoms with Gasteiger partial charge in [-0.1, -0.05) is 13.0 Å². The monoisotopic (exact) mass is 219 g/mol. The summed E-state index contributed by atoms with van der Waals surface area (Å²) in [6, 6.07) is 6.45. The molecule has 3 heteroatoms. The van der Waals surface area contributed by atoms with Crippen LogP contribution in [0.15, 0.2) is 24.4 Å². The Morgan fingerprint density at radius 3 is 3.00 bits per heavy atom. The Labute approximate surface area is 97.7 Å². The van der Waals surface area contributed by atoms with Gasteiger partial charge in [-0.2, -0.15) is 0 Å². The molecule has 88 valence electrons. The third kappa shape index (κ3) is 3.29. The molecule has 2 N–H and O–H groups in total. The van der Waals surface area contributed by atoms with Crippen LogP contribution in [0.1, 0.15) is 19.0 Å². The summed E-state index contributed by atoms with van der Waals surface area (Å²) < 4.78 is 0. The van der Waals surface area contributed by atoms with Crippen molar-refractivity contribution in [3.8, 4) is 0 Å². The van der Waals surface area contributed by atoms with E-state index in [9.17, 15) is 0 Å². The van der Waals surface area contributed by atoms with Crippen LogP contribution in [0.2, 0.25) is 0 Å². The minimum absolute atomic E-state index is 0.354. The molecule has 2 rings (SSSR count). The van der Waals surface area contributed by atoms with E-state index in [1.165, 1.54) is 18.7 Å².